The van der Waals surface area contributed by atoms with E-state index >= 15 is 0 Å². The van der Waals surface area contributed by atoms with Crippen molar-refractivity contribution in [2.75, 3.05) is 25.6 Å². The molecule has 6 heteroatoms. The molecule has 1 aliphatic heterocycles. The molecule has 2 heterocycles. The second kappa shape index (κ2) is 7.07. The number of nitriles is 1. The summed E-state index contributed by atoms with van der Waals surface area (Å²) >= 11 is 0. The number of methoxy groups -OCH3 is 1. The van der Waals surface area contributed by atoms with Crippen LogP contribution in [0.3, 0.4) is 0 Å². The number of rotatable bonds is 5. The number of carbonyl (C=O) groups is 1. The molecule has 1 aromatic heterocycles. The van der Waals surface area contributed by atoms with Crippen molar-refractivity contribution in [3.8, 4) is 6.07 Å². The molecule has 6 nitrogen and oxygen atoms in total. The average molecular weight is 315 g/mol. The molecule has 0 bridgehead atoms. The smallest absolute Gasteiger partial charge is 0.228 e. The third-order valence-electron chi connectivity index (χ3n) is 4.39. The van der Waals surface area contributed by atoms with Gasteiger partial charge in [-0.3, -0.25) is 4.79 Å². The van der Waals surface area contributed by atoms with Gasteiger partial charge in [0.2, 0.25) is 5.91 Å². The molecule has 0 radical (unpaired) electrons. The molecule has 1 aliphatic carbocycles. The molecule has 1 amide bonds. The number of amides is 1. The van der Waals surface area contributed by atoms with Crippen molar-refractivity contribution in [2.24, 2.45) is 5.92 Å². The minimum Gasteiger partial charge on any atom is -0.382 e. The fourth-order valence-corrected chi connectivity index (χ4v) is 3.00. The molecule has 2 unspecified atom stereocenters. The quantitative estimate of drug-likeness (QED) is 0.900. The first-order valence-corrected chi connectivity index (χ1v) is 8.03. The Kier molecular flexibility index (Phi) is 4.89. The number of pyridine rings is 1. The number of aromatic nitrogens is 1. The summed E-state index contributed by atoms with van der Waals surface area (Å²) in [5.74, 6) is 0.814. The second-order valence-electron chi connectivity index (χ2n) is 6.18. The van der Waals surface area contributed by atoms with Gasteiger partial charge in [-0.05, 0) is 43.2 Å². The van der Waals surface area contributed by atoms with Gasteiger partial charge in [0.1, 0.15) is 17.6 Å². The van der Waals surface area contributed by atoms with Crippen molar-refractivity contribution in [1.29, 1.82) is 5.26 Å². The second-order valence-corrected chi connectivity index (χ2v) is 6.18. The zero-order valence-electron chi connectivity index (χ0n) is 13.2. The largest absolute Gasteiger partial charge is 0.382 e. The van der Waals surface area contributed by atoms with Gasteiger partial charge >= 0.3 is 0 Å². The number of ether oxygens (including phenoxy) is 2. The van der Waals surface area contributed by atoms with Crippen LogP contribution in [0.5, 0.6) is 0 Å². The van der Waals surface area contributed by atoms with Gasteiger partial charge in [-0.1, -0.05) is 6.07 Å². The van der Waals surface area contributed by atoms with Crippen LogP contribution in [0, 0.1) is 17.2 Å². The molecule has 3 rings (SSSR count). The van der Waals surface area contributed by atoms with E-state index in [-0.39, 0.29) is 23.8 Å². The zero-order valence-corrected chi connectivity index (χ0v) is 13.2. The summed E-state index contributed by atoms with van der Waals surface area (Å²) in [4.78, 5) is 16.1. The van der Waals surface area contributed by atoms with E-state index < -0.39 is 0 Å². The lowest BCUT2D eigenvalue weighted by molar-refractivity contribution is -0.117. The number of nitrogens with one attached hydrogen (secondary N) is 1. The highest BCUT2D eigenvalue weighted by molar-refractivity contribution is 5.93. The maximum atomic E-state index is 11.8. The Labute approximate surface area is 135 Å². The standard InChI is InChI=1S/C17H21N3O3/c1-22-10-13-8-12(6-7-23-13)14-4-5-16(19-15(14)9-18)20-17(21)11-2-3-11/h4-5,11-13H,2-3,6-8,10H2,1H3,(H,19,20,21). The van der Waals surface area contributed by atoms with E-state index in [4.69, 9.17) is 9.47 Å². The van der Waals surface area contributed by atoms with Gasteiger partial charge in [0.05, 0.1) is 12.7 Å². The Bertz CT molecular complexity index is 620. The van der Waals surface area contributed by atoms with E-state index in [1.165, 1.54) is 0 Å². The van der Waals surface area contributed by atoms with Crippen LogP contribution in [0.25, 0.3) is 0 Å². The van der Waals surface area contributed by atoms with Crippen molar-refractivity contribution in [3.63, 3.8) is 0 Å². The van der Waals surface area contributed by atoms with E-state index in [1.807, 2.05) is 6.07 Å². The maximum Gasteiger partial charge on any atom is 0.228 e. The SMILES string of the molecule is COCC1CC(c2ccc(NC(=O)C3CC3)nc2C#N)CCO1. The number of anilines is 1. The van der Waals surface area contributed by atoms with Crippen LogP contribution in [0.4, 0.5) is 5.82 Å². The molecule has 1 saturated heterocycles. The van der Waals surface area contributed by atoms with Crippen LogP contribution in [0.1, 0.15) is 42.9 Å². The van der Waals surface area contributed by atoms with Crippen LogP contribution in [-0.4, -0.2) is 37.3 Å². The molecule has 1 saturated carbocycles. The van der Waals surface area contributed by atoms with Crippen LogP contribution in [0.2, 0.25) is 0 Å². The van der Waals surface area contributed by atoms with Crippen LogP contribution in [-0.2, 0) is 14.3 Å². The number of carbonyl (C=O) groups excluding carboxylic acids is 1. The summed E-state index contributed by atoms with van der Waals surface area (Å²) in [6, 6.07) is 5.86. The Morgan fingerprint density at radius 1 is 1.48 bits per heavy atom. The monoisotopic (exact) mass is 315 g/mol. The van der Waals surface area contributed by atoms with E-state index in [9.17, 15) is 10.1 Å². The Morgan fingerprint density at radius 2 is 2.30 bits per heavy atom. The summed E-state index contributed by atoms with van der Waals surface area (Å²) in [6.07, 6.45) is 3.62. The molecule has 0 spiro atoms. The summed E-state index contributed by atoms with van der Waals surface area (Å²) < 4.78 is 10.8. The predicted octanol–water partition coefficient (Wildman–Crippen LogP) is 2.21. The molecule has 23 heavy (non-hydrogen) atoms. The van der Waals surface area contributed by atoms with Gasteiger partial charge < -0.3 is 14.8 Å². The lowest BCUT2D eigenvalue weighted by Gasteiger charge is -2.29. The number of hydrogen-bond acceptors (Lipinski definition) is 5. The summed E-state index contributed by atoms with van der Waals surface area (Å²) in [7, 11) is 1.66. The molecular weight excluding hydrogens is 294 g/mol. The summed E-state index contributed by atoms with van der Waals surface area (Å²) in [5, 5.41) is 12.2. The van der Waals surface area contributed by atoms with Gasteiger partial charge in [0.25, 0.3) is 0 Å². The molecule has 1 N–H and O–H groups in total. The zero-order chi connectivity index (χ0) is 16.2. The highest BCUT2D eigenvalue weighted by Gasteiger charge is 2.30. The van der Waals surface area contributed by atoms with Gasteiger partial charge in [-0.15, -0.1) is 0 Å². The lowest BCUT2D eigenvalue weighted by Crippen LogP contribution is -2.28. The molecule has 1 aromatic rings. The Balaban J connectivity index is 1.73. The van der Waals surface area contributed by atoms with Crippen LogP contribution < -0.4 is 5.32 Å². The lowest BCUT2D eigenvalue weighted by atomic mass is 9.88. The summed E-state index contributed by atoms with van der Waals surface area (Å²) in [6.45, 7) is 1.21. The highest BCUT2D eigenvalue weighted by atomic mass is 16.5. The highest BCUT2D eigenvalue weighted by Crippen LogP contribution is 2.33. The first-order chi connectivity index (χ1) is 11.2. The average Bonchev–Trinajstić information content (AvgIpc) is 3.40. The van der Waals surface area contributed by atoms with E-state index in [2.05, 4.69) is 16.4 Å². The molecular formula is C17H21N3O3. The Hall–Kier alpha value is -1.97. The molecule has 0 aromatic carbocycles. The first-order valence-electron chi connectivity index (χ1n) is 8.03. The molecule has 2 aliphatic rings. The maximum absolute atomic E-state index is 11.8. The van der Waals surface area contributed by atoms with E-state index in [1.54, 1.807) is 13.2 Å². The van der Waals surface area contributed by atoms with Crippen LogP contribution >= 0.6 is 0 Å². The minimum absolute atomic E-state index is 0.000338. The Morgan fingerprint density at radius 3 is 3.00 bits per heavy atom. The van der Waals surface area contributed by atoms with Gasteiger partial charge in [-0.25, -0.2) is 4.98 Å². The van der Waals surface area contributed by atoms with Crippen molar-refractivity contribution in [2.45, 2.75) is 37.7 Å². The number of nitrogens with zero attached hydrogens (tertiary/aromatic N) is 2. The fourth-order valence-electron chi connectivity index (χ4n) is 3.00. The normalized spacial score (nSPS) is 24.0. The topological polar surface area (TPSA) is 84.2 Å². The van der Waals surface area contributed by atoms with E-state index in [0.717, 1.165) is 31.2 Å². The van der Waals surface area contributed by atoms with Crippen molar-refractivity contribution in [3.05, 3.63) is 23.4 Å². The van der Waals surface area contributed by atoms with Gasteiger partial charge in [-0.2, -0.15) is 5.26 Å². The first kappa shape index (κ1) is 15.9. The predicted molar refractivity (Wildman–Crippen MR) is 83.9 cm³/mol. The third kappa shape index (κ3) is 3.87. The molecule has 2 atom stereocenters. The molecule has 122 valence electrons. The summed E-state index contributed by atoms with van der Waals surface area (Å²) in [5.41, 5.74) is 1.32. The minimum atomic E-state index is 0.000338. The van der Waals surface area contributed by atoms with E-state index in [0.29, 0.717) is 24.7 Å². The van der Waals surface area contributed by atoms with Crippen LogP contribution in [0.15, 0.2) is 12.1 Å². The van der Waals surface area contributed by atoms with Crippen molar-refractivity contribution < 1.29 is 14.3 Å². The van der Waals surface area contributed by atoms with Crippen molar-refractivity contribution >= 4 is 11.7 Å². The number of hydrogen-bond donors (Lipinski definition) is 1. The van der Waals surface area contributed by atoms with Gasteiger partial charge in [0, 0.05) is 19.6 Å². The van der Waals surface area contributed by atoms with Gasteiger partial charge in [0.15, 0.2) is 0 Å². The fraction of sp³-hybridized carbons (Fsp3) is 0.588. The molecule has 2 fully saturated rings. The van der Waals surface area contributed by atoms with Crippen molar-refractivity contribution in [1.82, 2.24) is 4.98 Å². The third-order valence-corrected chi connectivity index (χ3v) is 4.39.